The molecular weight excluding hydrogens is 296 g/mol. The Morgan fingerprint density at radius 2 is 2.40 bits per heavy atom. The van der Waals surface area contributed by atoms with Crippen LogP contribution in [-0.2, 0) is 11.3 Å². The van der Waals surface area contributed by atoms with Gasteiger partial charge in [-0.3, -0.25) is 0 Å². The minimum Gasteiger partial charge on any atom is -0.376 e. The summed E-state index contributed by atoms with van der Waals surface area (Å²) in [6, 6.07) is 0. The Kier molecular flexibility index (Phi) is 3.96. The lowest BCUT2D eigenvalue weighted by atomic mass is 10.2. The number of ether oxygens (including phenoxy) is 1. The lowest BCUT2D eigenvalue weighted by Gasteiger charge is -2.12. The molecule has 108 valence electrons. The van der Waals surface area contributed by atoms with Crippen molar-refractivity contribution in [3.05, 3.63) is 17.5 Å². The molecule has 2 aromatic rings. The van der Waals surface area contributed by atoms with Gasteiger partial charge in [0.25, 0.3) is 0 Å². The molecule has 1 aliphatic rings. The molecule has 0 spiro atoms. The lowest BCUT2D eigenvalue weighted by molar-refractivity contribution is 0.0974. The number of nitrogens with zero attached hydrogens (tertiary/aromatic N) is 4. The maximum absolute atomic E-state index is 6.26. The SMILES string of the molecule is CN(C)c1nc(Cl)c(-c2nccn2C[C@@H]2CCCO2)s1. The normalized spacial score (nSPS) is 18.6. The smallest absolute Gasteiger partial charge is 0.186 e. The predicted molar refractivity (Wildman–Crippen MR) is 81.6 cm³/mol. The Hall–Kier alpha value is -1.11. The zero-order chi connectivity index (χ0) is 14.1. The molecule has 0 N–H and O–H groups in total. The fraction of sp³-hybridized carbons (Fsp3) is 0.538. The highest BCUT2D eigenvalue weighted by Crippen LogP contribution is 2.36. The molecular formula is C13H17ClN4OS. The van der Waals surface area contributed by atoms with Gasteiger partial charge in [0.2, 0.25) is 0 Å². The van der Waals surface area contributed by atoms with Gasteiger partial charge in [0.15, 0.2) is 16.1 Å². The molecule has 0 unspecified atom stereocenters. The quantitative estimate of drug-likeness (QED) is 0.870. The first kappa shape index (κ1) is 13.9. The van der Waals surface area contributed by atoms with Gasteiger partial charge in [-0.15, -0.1) is 0 Å². The third kappa shape index (κ3) is 2.68. The van der Waals surface area contributed by atoms with Crippen molar-refractivity contribution >= 4 is 28.1 Å². The topological polar surface area (TPSA) is 43.2 Å². The number of aromatic nitrogens is 3. The van der Waals surface area contributed by atoms with Crippen LogP contribution in [0.3, 0.4) is 0 Å². The van der Waals surface area contributed by atoms with Crippen LogP contribution in [0.25, 0.3) is 10.7 Å². The summed E-state index contributed by atoms with van der Waals surface area (Å²) < 4.78 is 7.79. The van der Waals surface area contributed by atoms with Crippen molar-refractivity contribution in [2.45, 2.75) is 25.5 Å². The van der Waals surface area contributed by atoms with E-state index >= 15 is 0 Å². The first-order valence-electron chi connectivity index (χ1n) is 6.62. The van der Waals surface area contributed by atoms with Gasteiger partial charge in [-0.05, 0) is 12.8 Å². The maximum Gasteiger partial charge on any atom is 0.186 e. The van der Waals surface area contributed by atoms with Gasteiger partial charge < -0.3 is 14.2 Å². The van der Waals surface area contributed by atoms with E-state index in [1.165, 1.54) is 0 Å². The van der Waals surface area contributed by atoms with E-state index in [9.17, 15) is 0 Å². The van der Waals surface area contributed by atoms with Gasteiger partial charge in [-0.2, -0.15) is 0 Å². The molecule has 1 saturated heterocycles. The molecule has 0 bridgehead atoms. The van der Waals surface area contributed by atoms with Crippen molar-refractivity contribution in [1.82, 2.24) is 14.5 Å². The van der Waals surface area contributed by atoms with Gasteiger partial charge in [0, 0.05) is 33.1 Å². The molecule has 0 aliphatic carbocycles. The standard InChI is InChI=1S/C13H17ClN4OS/c1-17(2)13-16-11(14)10(20-13)12-15-5-6-18(12)8-9-4-3-7-19-9/h5-6,9H,3-4,7-8H2,1-2H3/t9-/m0/s1. The van der Waals surface area contributed by atoms with Crippen LogP contribution in [0, 0.1) is 0 Å². The second-order valence-corrected chi connectivity index (χ2v) is 6.38. The molecule has 2 aromatic heterocycles. The fourth-order valence-corrected chi connectivity index (χ4v) is 3.52. The average molecular weight is 313 g/mol. The molecule has 3 rings (SSSR count). The van der Waals surface area contributed by atoms with Crippen molar-refractivity contribution in [1.29, 1.82) is 0 Å². The molecule has 0 amide bonds. The van der Waals surface area contributed by atoms with Crippen LogP contribution in [-0.4, -0.2) is 41.3 Å². The number of imidazole rings is 1. The van der Waals surface area contributed by atoms with Crippen LogP contribution < -0.4 is 4.90 Å². The van der Waals surface area contributed by atoms with E-state index in [0.717, 1.165) is 41.8 Å². The highest BCUT2D eigenvalue weighted by atomic mass is 35.5. The van der Waals surface area contributed by atoms with Gasteiger partial charge >= 0.3 is 0 Å². The number of halogens is 1. The molecule has 7 heteroatoms. The van der Waals surface area contributed by atoms with Gasteiger partial charge in [0.05, 0.1) is 12.6 Å². The Morgan fingerprint density at radius 3 is 3.05 bits per heavy atom. The number of anilines is 1. The second-order valence-electron chi connectivity index (χ2n) is 5.05. The summed E-state index contributed by atoms with van der Waals surface area (Å²) in [4.78, 5) is 11.7. The van der Waals surface area contributed by atoms with E-state index in [1.807, 2.05) is 25.2 Å². The summed E-state index contributed by atoms with van der Waals surface area (Å²) in [7, 11) is 3.91. The molecule has 1 atom stereocenters. The van der Waals surface area contributed by atoms with E-state index in [2.05, 4.69) is 14.5 Å². The second kappa shape index (κ2) is 5.71. The van der Waals surface area contributed by atoms with Crippen LogP contribution in [0.2, 0.25) is 5.15 Å². The highest BCUT2D eigenvalue weighted by Gasteiger charge is 2.21. The molecule has 0 aromatic carbocycles. The summed E-state index contributed by atoms with van der Waals surface area (Å²) >= 11 is 7.81. The molecule has 0 radical (unpaired) electrons. The minimum atomic E-state index is 0.281. The van der Waals surface area contributed by atoms with Crippen LogP contribution in [0.4, 0.5) is 5.13 Å². The third-order valence-electron chi connectivity index (χ3n) is 3.30. The fourth-order valence-electron chi connectivity index (χ4n) is 2.29. The van der Waals surface area contributed by atoms with Crippen LogP contribution in [0.5, 0.6) is 0 Å². The molecule has 1 aliphatic heterocycles. The molecule has 20 heavy (non-hydrogen) atoms. The first-order chi connectivity index (χ1) is 9.65. The van der Waals surface area contributed by atoms with Crippen molar-refractivity contribution in [2.24, 2.45) is 0 Å². The minimum absolute atomic E-state index is 0.281. The molecule has 3 heterocycles. The predicted octanol–water partition coefficient (Wildman–Crippen LogP) is 2.91. The van der Waals surface area contributed by atoms with Crippen molar-refractivity contribution in [3.63, 3.8) is 0 Å². The Morgan fingerprint density at radius 1 is 1.55 bits per heavy atom. The molecule has 5 nitrogen and oxygen atoms in total. The van der Waals surface area contributed by atoms with E-state index < -0.39 is 0 Å². The van der Waals surface area contributed by atoms with Crippen molar-refractivity contribution < 1.29 is 4.74 Å². The van der Waals surface area contributed by atoms with Crippen molar-refractivity contribution in [2.75, 3.05) is 25.6 Å². The number of thiazole rings is 1. The summed E-state index contributed by atoms with van der Waals surface area (Å²) in [5.74, 6) is 0.871. The van der Waals surface area contributed by atoms with Gasteiger partial charge in [0.1, 0.15) is 4.88 Å². The number of rotatable bonds is 4. The number of hydrogen-bond acceptors (Lipinski definition) is 5. The Balaban J connectivity index is 1.88. The summed E-state index contributed by atoms with van der Waals surface area (Å²) in [5.41, 5.74) is 0. The summed E-state index contributed by atoms with van der Waals surface area (Å²) in [6.07, 6.45) is 6.30. The monoisotopic (exact) mass is 312 g/mol. The van der Waals surface area contributed by atoms with Crippen LogP contribution in [0.1, 0.15) is 12.8 Å². The third-order valence-corrected chi connectivity index (χ3v) is 4.90. The summed E-state index contributed by atoms with van der Waals surface area (Å²) in [6.45, 7) is 1.68. The van der Waals surface area contributed by atoms with Crippen molar-refractivity contribution in [3.8, 4) is 10.7 Å². The maximum atomic E-state index is 6.26. The van der Waals surface area contributed by atoms with Crippen LogP contribution in [0.15, 0.2) is 12.4 Å². The van der Waals surface area contributed by atoms with Gasteiger partial charge in [-0.25, -0.2) is 9.97 Å². The summed E-state index contributed by atoms with van der Waals surface area (Å²) in [5, 5.41) is 1.40. The molecule has 1 fully saturated rings. The Bertz CT molecular complexity index is 589. The zero-order valence-corrected chi connectivity index (χ0v) is 13.1. The molecule has 0 saturated carbocycles. The lowest BCUT2D eigenvalue weighted by Crippen LogP contribution is -2.15. The van der Waals surface area contributed by atoms with E-state index in [4.69, 9.17) is 16.3 Å². The highest BCUT2D eigenvalue weighted by molar-refractivity contribution is 7.19. The first-order valence-corrected chi connectivity index (χ1v) is 7.81. The van der Waals surface area contributed by atoms with E-state index in [0.29, 0.717) is 5.15 Å². The van der Waals surface area contributed by atoms with E-state index in [1.54, 1.807) is 17.5 Å². The van der Waals surface area contributed by atoms with Gasteiger partial charge in [-0.1, -0.05) is 22.9 Å². The largest absolute Gasteiger partial charge is 0.376 e. The zero-order valence-electron chi connectivity index (χ0n) is 11.5. The average Bonchev–Trinajstić information content (AvgIpc) is 3.10. The number of hydrogen-bond donors (Lipinski definition) is 0. The van der Waals surface area contributed by atoms with E-state index in [-0.39, 0.29) is 6.10 Å². The van der Waals surface area contributed by atoms with Crippen LogP contribution >= 0.6 is 22.9 Å². The Labute approximate surface area is 127 Å².